The molecule has 3 atom stereocenters. The number of amides is 1. The lowest BCUT2D eigenvalue weighted by Gasteiger charge is -2.30. The number of benzene rings is 2. The number of aliphatic hydroxyl groups excluding tert-OH is 1. The number of anilines is 1. The predicted octanol–water partition coefficient (Wildman–Crippen LogP) is 5.20. The summed E-state index contributed by atoms with van der Waals surface area (Å²) in [5.41, 5.74) is 3.64. The summed E-state index contributed by atoms with van der Waals surface area (Å²) in [7, 11) is 4.39. The van der Waals surface area contributed by atoms with Crippen LogP contribution < -0.4 is 21.3 Å². The van der Waals surface area contributed by atoms with Gasteiger partial charge in [0.05, 0.1) is 41.2 Å². The van der Waals surface area contributed by atoms with E-state index >= 15 is 0 Å². The third-order valence-electron chi connectivity index (χ3n) is 9.03. The van der Waals surface area contributed by atoms with Crippen molar-refractivity contribution >= 4 is 34.8 Å². The van der Waals surface area contributed by atoms with E-state index in [-0.39, 0.29) is 28.1 Å². The Morgan fingerprint density at radius 1 is 1.09 bits per heavy atom. The van der Waals surface area contributed by atoms with Crippen molar-refractivity contribution in [1.82, 2.24) is 14.1 Å². The number of carbonyl (C=O) groups is 1. The van der Waals surface area contributed by atoms with Crippen molar-refractivity contribution in [2.24, 2.45) is 20.0 Å². The van der Waals surface area contributed by atoms with Crippen molar-refractivity contribution in [3.63, 3.8) is 0 Å². The maximum absolute atomic E-state index is 13.1. The zero-order valence-corrected chi connectivity index (χ0v) is 27.2. The zero-order valence-electron chi connectivity index (χ0n) is 25.7. The molecular weight excluding hydrogens is 631 g/mol. The van der Waals surface area contributed by atoms with E-state index in [1.54, 1.807) is 25.3 Å². The quantitative estimate of drug-likeness (QED) is 0.278. The largest absolute Gasteiger partial charge is 0.481 e. The molecule has 0 saturated carbocycles. The first-order valence-corrected chi connectivity index (χ1v) is 15.8. The van der Waals surface area contributed by atoms with E-state index in [9.17, 15) is 19.5 Å². The lowest BCUT2D eigenvalue weighted by atomic mass is 9.84. The molecule has 1 aliphatic heterocycles. The Balaban J connectivity index is 1.31. The molecule has 1 aliphatic carbocycles. The molecule has 3 heterocycles. The van der Waals surface area contributed by atoms with Gasteiger partial charge in [0.25, 0.3) is 11.5 Å². The van der Waals surface area contributed by atoms with E-state index in [1.807, 2.05) is 18.2 Å². The smallest absolute Gasteiger partial charge is 0.330 e. The monoisotopic (exact) mass is 664 g/mol. The fourth-order valence-corrected chi connectivity index (χ4v) is 7.16. The molecule has 0 bridgehead atoms. The van der Waals surface area contributed by atoms with Gasteiger partial charge < -0.3 is 24.5 Å². The number of halogens is 2. The Labute approximate surface area is 275 Å². The van der Waals surface area contributed by atoms with E-state index in [0.717, 1.165) is 41.4 Å². The molecule has 0 unspecified atom stereocenters. The van der Waals surface area contributed by atoms with Gasteiger partial charge in [0, 0.05) is 49.2 Å². The number of aromatic nitrogens is 3. The summed E-state index contributed by atoms with van der Waals surface area (Å²) in [5.74, 6) is 0.278. The van der Waals surface area contributed by atoms with Crippen molar-refractivity contribution in [3.8, 4) is 28.3 Å². The Morgan fingerprint density at radius 3 is 2.54 bits per heavy atom. The summed E-state index contributed by atoms with van der Waals surface area (Å²) in [5, 5.41) is 13.8. The second-order valence-electron chi connectivity index (χ2n) is 11.8. The minimum Gasteiger partial charge on any atom is -0.481 e. The van der Waals surface area contributed by atoms with Crippen molar-refractivity contribution in [2.75, 3.05) is 25.6 Å². The molecule has 1 saturated heterocycles. The van der Waals surface area contributed by atoms with E-state index in [4.69, 9.17) is 37.7 Å². The Hall–Kier alpha value is -3.96. The fourth-order valence-electron chi connectivity index (χ4n) is 6.56. The number of fused-ring (bicyclic) bond motifs is 1. The van der Waals surface area contributed by atoms with Crippen LogP contribution >= 0.6 is 23.2 Å². The number of hydrogen-bond donors (Lipinski definition) is 2. The summed E-state index contributed by atoms with van der Waals surface area (Å²) < 4.78 is 13.3. The molecule has 6 rings (SSSR count). The molecule has 0 radical (unpaired) electrons. The summed E-state index contributed by atoms with van der Waals surface area (Å²) in [6.07, 6.45) is 4.25. The number of aliphatic hydroxyl groups is 1. The van der Waals surface area contributed by atoms with E-state index in [0.29, 0.717) is 46.5 Å². The van der Waals surface area contributed by atoms with Gasteiger partial charge in [-0.25, -0.2) is 9.78 Å². The SMILES string of the molecule is COc1nc(-c2cccc(-c3cccc(NC(=O)c4cn(C)c(=O)n(C)c4=O)c3Cl)c2Cl)cc2c1[C@H](C[C@@H]1CCOC[C@@H]1O)CC2. The highest BCUT2D eigenvalue weighted by atomic mass is 35.5. The Kier molecular flexibility index (Phi) is 9.07. The third kappa shape index (κ3) is 5.86. The molecule has 1 fully saturated rings. The normalized spacial score (nSPS) is 19.1. The second kappa shape index (κ2) is 13.0. The van der Waals surface area contributed by atoms with E-state index in [2.05, 4.69) is 11.4 Å². The van der Waals surface area contributed by atoms with E-state index in [1.165, 1.54) is 24.9 Å². The van der Waals surface area contributed by atoms with Gasteiger partial charge in [0.15, 0.2) is 0 Å². The summed E-state index contributed by atoms with van der Waals surface area (Å²) in [4.78, 5) is 42.7. The molecule has 1 amide bonds. The van der Waals surface area contributed by atoms with Crippen LogP contribution in [-0.2, 0) is 25.3 Å². The minimum atomic E-state index is -0.714. The van der Waals surface area contributed by atoms with Crippen LogP contribution in [0.5, 0.6) is 5.88 Å². The third-order valence-corrected chi connectivity index (χ3v) is 9.84. The first-order chi connectivity index (χ1) is 22.1. The number of aryl methyl sites for hydroxylation is 2. The topological polar surface area (TPSA) is 125 Å². The maximum Gasteiger partial charge on any atom is 0.330 e. The molecule has 2 aliphatic rings. The van der Waals surface area contributed by atoms with Crippen LogP contribution in [-0.4, -0.2) is 51.6 Å². The van der Waals surface area contributed by atoms with Crippen LogP contribution in [0.1, 0.15) is 46.7 Å². The van der Waals surface area contributed by atoms with Crippen LogP contribution in [0.2, 0.25) is 10.0 Å². The highest BCUT2D eigenvalue weighted by Gasteiger charge is 2.34. The molecule has 10 nitrogen and oxygen atoms in total. The average Bonchev–Trinajstić information content (AvgIpc) is 3.46. The molecule has 240 valence electrons. The van der Waals surface area contributed by atoms with Crippen molar-refractivity contribution in [3.05, 3.63) is 96.2 Å². The number of pyridine rings is 1. The van der Waals surface area contributed by atoms with Gasteiger partial charge in [-0.2, -0.15) is 0 Å². The van der Waals surface area contributed by atoms with Gasteiger partial charge in [-0.1, -0.05) is 53.5 Å². The van der Waals surface area contributed by atoms with Gasteiger partial charge in [-0.05, 0) is 55.2 Å². The van der Waals surface area contributed by atoms with E-state index < -0.39 is 23.3 Å². The lowest BCUT2D eigenvalue weighted by molar-refractivity contribution is -0.0478. The average molecular weight is 666 g/mol. The molecule has 0 spiro atoms. The summed E-state index contributed by atoms with van der Waals surface area (Å²) in [6.45, 7) is 1.04. The molecule has 2 aromatic heterocycles. The fraction of sp³-hybridized carbons (Fsp3) is 0.353. The molecule has 2 N–H and O–H groups in total. The highest BCUT2D eigenvalue weighted by Crippen LogP contribution is 2.46. The second-order valence-corrected chi connectivity index (χ2v) is 12.6. The maximum atomic E-state index is 13.1. The molecule has 4 aromatic rings. The van der Waals surface area contributed by atoms with Crippen molar-refractivity contribution < 1.29 is 19.4 Å². The van der Waals surface area contributed by atoms with Gasteiger partial charge in [-0.15, -0.1) is 0 Å². The number of nitrogens with zero attached hydrogens (tertiary/aromatic N) is 3. The van der Waals surface area contributed by atoms with Gasteiger partial charge in [0.1, 0.15) is 5.56 Å². The first kappa shape index (κ1) is 32.0. The zero-order chi connectivity index (χ0) is 32.7. The minimum absolute atomic E-state index is 0.178. The summed E-state index contributed by atoms with van der Waals surface area (Å²) >= 11 is 13.9. The Bertz CT molecular complexity index is 1960. The van der Waals surface area contributed by atoms with Gasteiger partial charge in [0.2, 0.25) is 5.88 Å². The molecule has 2 aromatic carbocycles. The van der Waals surface area contributed by atoms with Crippen molar-refractivity contribution in [1.29, 1.82) is 0 Å². The highest BCUT2D eigenvalue weighted by molar-refractivity contribution is 6.39. The lowest BCUT2D eigenvalue weighted by Crippen LogP contribution is -2.40. The van der Waals surface area contributed by atoms with Crippen LogP contribution in [0.15, 0.2) is 58.3 Å². The number of ether oxygens (including phenoxy) is 2. The van der Waals surface area contributed by atoms with Crippen LogP contribution in [0.4, 0.5) is 5.69 Å². The number of rotatable bonds is 7. The molecule has 46 heavy (non-hydrogen) atoms. The van der Waals surface area contributed by atoms with Crippen LogP contribution in [0, 0.1) is 5.92 Å². The number of nitrogens with one attached hydrogen (secondary N) is 1. The first-order valence-electron chi connectivity index (χ1n) is 15.1. The van der Waals surface area contributed by atoms with Crippen LogP contribution in [0.3, 0.4) is 0 Å². The summed E-state index contributed by atoms with van der Waals surface area (Å²) in [6, 6.07) is 12.8. The standard InChI is InChI=1S/C34H34Cl2N4O6/c1-39-16-24(33(43)40(2)34(39)44)31(42)37-25-9-5-7-22(30(25)36)21-6-4-8-23(29(21)35)26-15-20-11-10-19(28(20)32(38-26)45-3)14-18-12-13-46-17-27(18)41/h4-9,15-16,18-19,27,41H,10-14,17H2,1-3H3,(H,37,42)/t18-,19-,27-/m0/s1. The van der Waals surface area contributed by atoms with Gasteiger partial charge >= 0.3 is 5.69 Å². The molecule has 12 heteroatoms. The van der Waals surface area contributed by atoms with Gasteiger partial charge in [-0.3, -0.25) is 14.2 Å². The molecular formula is C34H34Cl2N4O6. The number of carbonyl (C=O) groups excluding carboxylic acids is 1. The van der Waals surface area contributed by atoms with Crippen molar-refractivity contribution in [2.45, 2.75) is 37.7 Å². The predicted molar refractivity (Wildman–Crippen MR) is 177 cm³/mol. The number of methoxy groups -OCH3 is 1. The van der Waals surface area contributed by atoms with Crippen LogP contribution in [0.25, 0.3) is 22.4 Å². The Morgan fingerprint density at radius 2 is 1.80 bits per heavy atom. The number of hydrogen-bond acceptors (Lipinski definition) is 7.